The third kappa shape index (κ3) is 5.25. The molecule has 1 aliphatic heterocycles. The third-order valence-electron chi connectivity index (χ3n) is 5.53. The van der Waals surface area contributed by atoms with E-state index in [1.165, 1.54) is 6.26 Å². The van der Waals surface area contributed by atoms with Crippen molar-refractivity contribution >= 4 is 27.7 Å². The lowest BCUT2D eigenvalue weighted by molar-refractivity contribution is -0.137. The number of nitrogens with zero attached hydrogens (tertiary/aromatic N) is 1. The number of hydrogen-bond acceptors (Lipinski definition) is 5. The Balaban J connectivity index is 1.81. The highest BCUT2D eigenvalue weighted by molar-refractivity contribution is 7.90. The second-order valence-electron chi connectivity index (χ2n) is 7.94. The number of benzene rings is 1. The number of sulfone groups is 1. The molecule has 29 heavy (non-hydrogen) atoms. The fraction of sp³-hybridized carbons (Fsp3) is 0.524. The summed E-state index contributed by atoms with van der Waals surface area (Å²) in [5, 5.41) is 2.99. The zero-order chi connectivity index (χ0) is 21.2. The van der Waals surface area contributed by atoms with E-state index in [-0.39, 0.29) is 29.3 Å². The molecule has 2 aliphatic rings. The van der Waals surface area contributed by atoms with Gasteiger partial charge in [0.2, 0.25) is 11.8 Å². The van der Waals surface area contributed by atoms with Crippen LogP contribution in [0.1, 0.15) is 49.8 Å². The van der Waals surface area contributed by atoms with Crippen LogP contribution in [0.4, 0.5) is 0 Å². The maximum Gasteiger partial charge on any atom is 0.243 e. The minimum absolute atomic E-state index is 0.109. The van der Waals surface area contributed by atoms with Crippen molar-refractivity contribution in [3.8, 4) is 0 Å². The first-order valence-electron chi connectivity index (χ1n) is 10.0. The van der Waals surface area contributed by atoms with Gasteiger partial charge in [0.05, 0.1) is 17.5 Å². The molecule has 158 valence electrons. The smallest absolute Gasteiger partial charge is 0.243 e. The van der Waals surface area contributed by atoms with Crippen molar-refractivity contribution in [3.05, 3.63) is 35.4 Å². The summed E-state index contributed by atoms with van der Waals surface area (Å²) in [6.07, 6.45) is 8.92. The highest BCUT2D eigenvalue weighted by atomic mass is 32.2. The zero-order valence-electron chi connectivity index (χ0n) is 16.9. The Bertz CT molecular complexity index is 922. The summed E-state index contributed by atoms with van der Waals surface area (Å²) in [6.45, 7) is 2.30. The normalized spacial score (nSPS) is 20.8. The zero-order valence-corrected chi connectivity index (χ0v) is 17.7. The van der Waals surface area contributed by atoms with Crippen molar-refractivity contribution in [2.45, 2.75) is 49.6 Å². The maximum absolute atomic E-state index is 12.8. The fourth-order valence-corrected chi connectivity index (χ4v) is 4.35. The van der Waals surface area contributed by atoms with Crippen LogP contribution in [0.2, 0.25) is 0 Å². The first-order chi connectivity index (χ1) is 13.7. The molecule has 1 saturated carbocycles. The van der Waals surface area contributed by atoms with Crippen LogP contribution in [0.25, 0.3) is 6.08 Å². The van der Waals surface area contributed by atoms with Crippen molar-refractivity contribution in [1.82, 2.24) is 10.2 Å². The first kappa shape index (κ1) is 21.5. The number of nitrogens with two attached hydrogens (primary N) is 1. The number of hydrogen-bond donors (Lipinski definition) is 2. The van der Waals surface area contributed by atoms with Gasteiger partial charge in [-0.1, -0.05) is 18.2 Å². The molecule has 0 radical (unpaired) electrons. The van der Waals surface area contributed by atoms with E-state index in [0.717, 1.165) is 30.4 Å². The minimum atomic E-state index is -3.32. The van der Waals surface area contributed by atoms with Gasteiger partial charge in [-0.15, -0.1) is 0 Å². The summed E-state index contributed by atoms with van der Waals surface area (Å²) in [5.74, 6) is 0.117. The van der Waals surface area contributed by atoms with Gasteiger partial charge in [0, 0.05) is 12.8 Å². The van der Waals surface area contributed by atoms with Crippen molar-refractivity contribution in [3.63, 3.8) is 0 Å². The topological polar surface area (TPSA) is 110 Å². The molecule has 0 unspecified atom stereocenters. The molecular formula is C21H29N3O4S. The molecular weight excluding hydrogens is 390 g/mol. The van der Waals surface area contributed by atoms with Crippen LogP contribution >= 0.6 is 0 Å². The Morgan fingerprint density at radius 1 is 1.31 bits per heavy atom. The van der Waals surface area contributed by atoms with Crippen LogP contribution in [-0.4, -0.2) is 50.5 Å². The van der Waals surface area contributed by atoms with Crippen molar-refractivity contribution in [2.24, 2.45) is 11.7 Å². The van der Waals surface area contributed by atoms with E-state index in [2.05, 4.69) is 11.4 Å². The molecule has 1 aliphatic carbocycles. The predicted molar refractivity (Wildman–Crippen MR) is 112 cm³/mol. The lowest BCUT2D eigenvalue weighted by Gasteiger charge is -2.26. The van der Waals surface area contributed by atoms with Crippen LogP contribution < -0.4 is 11.1 Å². The van der Waals surface area contributed by atoms with E-state index < -0.39 is 15.9 Å². The minimum Gasteiger partial charge on any atom is -0.348 e. The molecule has 0 aromatic heterocycles. The van der Waals surface area contributed by atoms with E-state index in [9.17, 15) is 18.0 Å². The van der Waals surface area contributed by atoms with Crippen molar-refractivity contribution < 1.29 is 18.0 Å². The van der Waals surface area contributed by atoms with E-state index in [4.69, 9.17) is 5.73 Å². The molecule has 1 aromatic carbocycles. The van der Waals surface area contributed by atoms with Crippen LogP contribution in [0, 0.1) is 5.92 Å². The number of amides is 2. The lowest BCUT2D eigenvalue weighted by atomic mass is 10.00. The highest BCUT2D eigenvalue weighted by Crippen LogP contribution is 2.32. The average Bonchev–Trinajstić information content (AvgIpc) is 3.37. The highest BCUT2D eigenvalue weighted by Gasteiger charge is 2.34. The van der Waals surface area contributed by atoms with Crippen LogP contribution in [0.3, 0.4) is 0 Å². The van der Waals surface area contributed by atoms with Gasteiger partial charge in [-0.05, 0) is 61.8 Å². The fourth-order valence-electron chi connectivity index (χ4n) is 3.69. The second-order valence-corrected chi connectivity index (χ2v) is 9.95. The van der Waals surface area contributed by atoms with Gasteiger partial charge in [-0.2, -0.15) is 0 Å². The predicted octanol–water partition coefficient (Wildman–Crippen LogP) is 1.64. The molecule has 1 heterocycles. The third-order valence-corrected chi connectivity index (χ3v) is 6.64. The number of carbonyl (C=O) groups excluding carboxylic acids is 2. The van der Waals surface area contributed by atoms with Gasteiger partial charge < -0.3 is 16.0 Å². The van der Waals surface area contributed by atoms with Gasteiger partial charge in [-0.3, -0.25) is 9.59 Å². The quantitative estimate of drug-likeness (QED) is 0.698. The summed E-state index contributed by atoms with van der Waals surface area (Å²) >= 11 is 0. The Morgan fingerprint density at radius 2 is 2.03 bits per heavy atom. The summed E-state index contributed by atoms with van der Waals surface area (Å²) < 4.78 is 23.9. The van der Waals surface area contributed by atoms with E-state index in [1.54, 1.807) is 23.1 Å². The van der Waals surface area contributed by atoms with E-state index in [1.807, 2.05) is 13.0 Å². The average molecular weight is 420 g/mol. The maximum atomic E-state index is 12.8. The molecule has 3 N–H and O–H groups in total. The summed E-state index contributed by atoms with van der Waals surface area (Å²) in [6, 6.07) is 4.15. The number of nitrogens with one attached hydrogen (secondary N) is 1. The van der Waals surface area contributed by atoms with Gasteiger partial charge >= 0.3 is 0 Å². The second kappa shape index (κ2) is 8.67. The number of likely N-dealkylation sites (tertiary alicyclic amines) is 1. The van der Waals surface area contributed by atoms with Crippen LogP contribution in [0.15, 0.2) is 29.2 Å². The molecule has 0 spiro atoms. The van der Waals surface area contributed by atoms with Crippen LogP contribution in [0.5, 0.6) is 0 Å². The summed E-state index contributed by atoms with van der Waals surface area (Å²) in [5.41, 5.74) is 7.09. The lowest BCUT2D eigenvalue weighted by Crippen LogP contribution is -2.48. The molecule has 7 nitrogen and oxygen atoms in total. The van der Waals surface area contributed by atoms with Gasteiger partial charge in [0.15, 0.2) is 9.84 Å². The SMILES string of the molecule is C[C@H](NC(=O)[C@@H]1CCCN1C(=O)CN)c1ccc(S(C)(=O)=O)cc1/C=C/C1CC1. The molecule has 2 atom stereocenters. The molecule has 8 heteroatoms. The van der Waals surface area contributed by atoms with E-state index in [0.29, 0.717) is 18.9 Å². The molecule has 1 aromatic rings. The summed E-state index contributed by atoms with van der Waals surface area (Å²) in [4.78, 5) is 26.6. The van der Waals surface area contributed by atoms with Crippen molar-refractivity contribution in [2.75, 3.05) is 19.3 Å². The molecule has 3 rings (SSSR count). The largest absolute Gasteiger partial charge is 0.348 e. The monoisotopic (exact) mass is 419 g/mol. The van der Waals surface area contributed by atoms with Gasteiger partial charge in [0.25, 0.3) is 0 Å². The van der Waals surface area contributed by atoms with E-state index >= 15 is 0 Å². The van der Waals surface area contributed by atoms with Gasteiger partial charge in [-0.25, -0.2) is 8.42 Å². The summed E-state index contributed by atoms with van der Waals surface area (Å²) in [7, 11) is -3.32. The Kier molecular flexibility index (Phi) is 6.43. The Labute approximate surface area is 172 Å². The number of carbonyl (C=O) groups is 2. The molecule has 2 fully saturated rings. The van der Waals surface area contributed by atoms with Crippen LogP contribution in [-0.2, 0) is 19.4 Å². The molecule has 0 bridgehead atoms. The Morgan fingerprint density at radius 3 is 2.66 bits per heavy atom. The first-order valence-corrected chi connectivity index (χ1v) is 11.9. The van der Waals surface area contributed by atoms with Gasteiger partial charge in [0.1, 0.15) is 6.04 Å². The number of allylic oxidation sites excluding steroid dienone is 1. The number of rotatable bonds is 7. The molecule has 2 amide bonds. The molecule has 1 saturated heterocycles. The Hall–Kier alpha value is -2.19. The standard InChI is InChI=1S/C21H29N3O4S/c1-14(23-21(26)19-4-3-11-24(19)20(25)13-22)18-10-9-17(29(2,27)28)12-16(18)8-7-15-5-6-15/h7-10,12,14-15,19H,3-6,11,13,22H2,1-2H3,(H,23,26)/b8-7+/t14-,19-/m0/s1. The van der Waals surface area contributed by atoms with Crippen molar-refractivity contribution in [1.29, 1.82) is 0 Å².